The van der Waals surface area contributed by atoms with Crippen molar-refractivity contribution in [1.82, 2.24) is 9.88 Å². The summed E-state index contributed by atoms with van der Waals surface area (Å²) in [6.45, 7) is 5.05. The Morgan fingerprint density at radius 1 is 1.44 bits per heavy atom. The van der Waals surface area contributed by atoms with Crippen LogP contribution in [0.3, 0.4) is 0 Å². The third kappa shape index (κ3) is 2.64. The van der Waals surface area contributed by atoms with E-state index in [1.165, 1.54) is 0 Å². The van der Waals surface area contributed by atoms with Crippen LogP contribution in [0.25, 0.3) is 0 Å². The smallest absolute Gasteiger partial charge is 0.409 e. The number of pyridine rings is 1. The third-order valence-corrected chi connectivity index (χ3v) is 2.97. The monoisotopic (exact) mass is 250 g/mol. The van der Waals surface area contributed by atoms with Crippen molar-refractivity contribution in [1.29, 1.82) is 0 Å². The molecule has 0 unspecified atom stereocenters. The summed E-state index contributed by atoms with van der Waals surface area (Å²) in [4.78, 5) is 19.4. The van der Waals surface area contributed by atoms with Gasteiger partial charge in [-0.2, -0.15) is 0 Å². The molecule has 0 saturated carbocycles. The first-order valence-electron chi connectivity index (χ1n) is 6.08. The van der Waals surface area contributed by atoms with Gasteiger partial charge in [0.25, 0.3) is 0 Å². The van der Waals surface area contributed by atoms with E-state index in [1.54, 1.807) is 17.3 Å². The van der Waals surface area contributed by atoms with Crippen molar-refractivity contribution in [2.45, 2.75) is 6.92 Å². The van der Waals surface area contributed by atoms with Crippen molar-refractivity contribution in [3.63, 3.8) is 0 Å². The van der Waals surface area contributed by atoms with Crippen molar-refractivity contribution in [2.75, 3.05) is 43.4 Å². The number of carbonyl (C=O) groups is 1. The number of hydrogen-bond donors (Lipinski definition) is 1. The Kier molecular flexibility index (Phi) is 3.86. The molecule has 6 heteroatoms. The summed E-state index contributed by atoms with van der Waals surface area (Å²) >= 11 is 0. The van der Waals surface area contributed by atoms with E-state index in [9.17, 15) is 4.79 Å². The van der Waals surface area contributed by atoms with Crippen molar-refractivity contribution in [2.24, 2.45) is 0 Å². The Morgan fingerprint density at radius 3 is 2.78 bits per heavy atom. The number of amides is 1. The zero-order valence-electron chi connectivity index (χ0n) is 10.5. The molecule has 1 amide bonds. The molecule has 1 aromatic heterocycles. The van der Waals surface area contributed by atoms with Crippen LogP contribution in [-0.4, -0.2) is 48.8 Å². The van der Waals surface area contributed by atoms with Gasteiger partial charge < -0.3 is 20.3 Å². The second-order valence-electron chi connectivity index (χ2n) is 4.11. The maximum Gasteiger partial charge on any atom is 0.409 e. The molecule has 2 N–H and O–H groups in total. The fourth-order valence-electron chi connectivity index (χ4n) is 2.03. The lowest BCUT2D eigenvalue weighted by molar-refractivity contribution is 0.105. The summed E-state index contributed by atoms with van der Waals surface area (Å²) in [5, 5.41) is 0. The minimum absolute atomic E-state index is 0.236. The van der Waals surface area contributed by atoms with Gasteiger partial charge in [-0.05, 0) is 13.0 Å². The van der Waals surface area contributed by atoms with E-state index in [2.05, 4.69) is 9.88 Å². The number of nitrogen functional groups attached to an aromatic ring is 1. The Bertz CT molecular complexity index is 416. The van der Waals surface area contributed by atoms with Crippen LogP contribution in [0, 0.1) is 0 Å². The fraction of sp³-hybridized carbons (Fsp3) is 0.500. The van der Waals surface area contributed by atoms with E-state index in [-0.39, 0.29) is 6.09 Å². The number of aromatic nitrogens is 1. The van der Waals surface area contributed by atoms with Crippen LogP contribution >= 0.6 is 0 Å². The quantitative estimate of drug-likeness (QED) is 0.845. The molecule has 0 radical (unpaired) electrons. The maximum absolute atomic E-state index is 11.6. The Balaban J connectivity index is 1.95. The molecular formula is C12H18N4O2. The van der Waals surface area contributed by atoms with E-state index in [4.69, 9.17) is 10.5 Å². The van der Waals surface area contributed by atoms with Gasteiger partial charge in [-0.1, -0.05) is 0 Å². The number of rotatable bonds is 2. The lowest BCUT2D eigenvalue weighted by Crippen LogP contribution is -2.49. The van der Waals surface area contributed by atoms with Crippen molar-refractivity contribution >= 4 is 17.5 Å². The van der Waals surface area contributed by atoms with Gasteiger partial charge in [0.05, 0.1) is 24.2 Å². The molecule has 98 valence electrons. The number of nitrogens with zero attached hydrogens (tertiary/aromatic N) is 3. The predicted octanol–water partition coefficient (Wildman–Crippen LogP) is 0.942. The Hall–Kier alpha value is -1.98. The topological polar surface area (TPSA) is 71.7 Å². The molecular weight excluding hydrogens is 232 g/mol. The first-order chi connectivity index (χ1) is 8.72. The van der Waals surface area contributed by atoms with E-state index < -0.39 is 0 Å². The molecule has 1 aromatic rings. The second kappa shape index (κ2) is 5.57. The van der Waals surface area contributed by atoms with Gasteiger partial charge in [0.1, 0.15) is 0 Å². The highest BCUT2D eigenvalue weighted by Crippen LogP contribution is 2.22. The molecule has 1 aliphatic heterocycles. The first-order valence-corrected chi connectivity index (χ1v) is 6.08. The largest absolute Gasteiger partial charge is 0.450 e. The SMILES string of the molecule is CCOC(=O)N1CCN(c2ccncc2N)CC1. The molecule has 0 aromatic carbocycles. The van der Waals surface area contributed by atoms with Crippen molar-refractivity contribution in [3.05, 3.63) is 18.5 Å². The molecule has 0 bridgehead atoms. The summed E-state index contributed by atoms with van der Waals surface area (Å²) in [5.74, 6) is 0. The van der Waals surface area contributed by atoms with Gasteiger partial charge in [0.2, 0.25) is 0 Å². The first kappa shape index (κ1) is 12.5. The van der Waals surface area contributed by atoms with Crippen LogP contribution in [0.5, 0.6) is 0 Å². The van der Waals surface area contributed by atoms with Gasteiger partial charge >= 0.3 is 6.09 Å². The van der Waals surface area contributed by atoms with Crippen LogP contribution in [0.1, 0.15) is 6.92 Å². The summed E-state index contributed by atoms with van der Waals surface area (Å²) in [7, 11) is 0. The minimum atomic E-state index is -0.236. The second-order valence-corrected chi connectivity index (χ2v) is 4.11. The van der Waals surface area contributed by atoms with Gasteiger partial charge in [-0.25, -0.2) is 4.79 Å². The molecule has 0 aliphatic carbocycles. The van der Waals surface area contributed by atoms with Crippen LogP contribution in [0.15, 0.2) is 18.5 Å². The number of nitrogens with two attached hydrogens (primary N) is 1. The van der Waals surface area contributed by atoms with Crippen molar-refractivity contribution < 1.29 is 9.53 Å². The third-order valence-electron chi connectivity index (χ3n) is 2.97. The average molecular weight is 250 g/mol. The number of carbonyl (C=O) groups excluding carboxylic acids is 1. The molecule has 6 nitrogen and oxygen atoms in total. The lowest BCUT2D eigenvalue weighted by Gasteiger charge is -2.35. The zero-order chi connectivity index (χ0) is 13.0. The van der Waals surface area contributed by atoms with Gasteiger partial charge in [0, 0.05) is 32.4 Å². The highest BCUT2D eigenvalue weighted by Gasteiger charge is 2.22. The summed E-state index contributed by atoms with van der Waals surface area (Å²) in [5.41, 5.74) is 7.53. The number of anilines is 2. The fourth-order valence-corrected chi connectivity index (χ4v) is 2.03. The molecule has 18 heavy (non-hydrogen) atoms. The Labute approximate surface area is 106 Å². The summed E-state index contributed by atoms with van der Waals surface area (Å²) in [6, 6.07) is 1.90. The van der Waals surface area contributed by atoms with E-state index in [0.717, 1.165) is 18.8 Å². The number of hydrogen-bond acceptors (Lipinski definition) is 5. The van der Waals surface area contributed by atoms with Crippen molar-refractivity contribution in [3.8, 4) is 0 Å². The van der Waals surface area contributed by atoms with Crippen LogP contribution < -0.4 is 10.6 Å². The van der Waals surface area contributed by atoms with Gasteiger partial charge in [-0.15, -0.1) is 0 Å². The maximum atomic E-state index is 11.6. The number of ether oxygens (including phenoxy) is 1. The molecule has 0 spiro atoms. The molecule has 1 saturated heterocycles. The summed E-state index contributed by atoms with van der Waals surface area (Å²) in [6.07, 6.45) is 3.14. The molecule has 2 heterocycles. The molecule has 2 rings (SSSR count). The highest BCUT2D eigenvalue weighted by molar-refractivity contribution is 5.69. The van der Waals surface area contributed by atoms with Gasteiger partial charge in [0.15, 0.2) is 0 Å². The van der Waals surface area contributed by atoms with Crippen LogP contribution in [0.2, 0.25) is 0 Å². The lowest BCUT2D eigenvalue weighted by atomic mass is 10.2. The van der Waals surface area contributed by atoms with E-state index >= 15 is 0 Å². The molecule has 0 atom stereocenters. The average Bonchev–Trinajstić information content (AvgIpc) is 2.40. The standard InChI is InChI=1S/C12H18N4O2/c1-2-18-12(17)16-7-5-15(6-8-16)11-3-4-14-9-10(11)13/h3-4,9H,2,5-8,13H2,1H3. The zero-order valence-corrected chi connectivity index (χ0v) is 10.5. The van der Waals surface area contributed by atoms with E-state index in [1.807, 2.05) is 13.0 Å². The van der Waals surface area contributed by atoms with Crippen LogP contribution in [-0.2, 0) is 4.74 Å². The predicted molar refractivity (Wildman–Crippen MR) is 69.5 cm³/mol. The summed E-state index contributed by atoms with van der Waals surface area (Å²) < 4.78 is 4.98. The molecule has 1 fully saturated rings. The van der Waals surface area contributed by atoms with Crippen LogP contribution in [0.4, 0.5) is 16.2 Å². The highest BCUT2D eigenvalue weighted by atomic mass is 16.6. The normalized spacial score (nSPS) is 15.6. The van der Waals surface area contributed by atoms with Gasteiger partial charge in [-0.3, -0.25) is 4.98 Å². The molecule has 1 aliphatic rings. The van der Waals surface area contributed by atoms with E-state index in [0.29, 0.717) is 25.4 Å². The minimum Gasteiger partial charge on any atom is -0.450 e. The Morgan fingerprint density at radius 2 is 2.17 bits per heavy atom. The number of piperazine rings is 1.